The van der Waals surface area contributed by atoms with Crippen molar-refractivity contribution in [2.24, 2.45) is 5.92 Å². The van der Waals surface area contributed by atoms with E-state index in [1.165, 1.54) is 17.5 Å². The van der Waals surface area contributed by atoms with Crippen molar-refractivity contribution >= 4 is 16.0 Å². The van der Waals surface area contributed by atoms with Crippen LogP contribution in [-0.4, -0.2) is 44.0 Å². The van der Waals surface area contributed by atoms with Crippen molar-refractivity contribution in [1.82, 2.24) is 4.31 Å². The molecule has 6 nitrogen and oxygen atoms in total. The third-order valence-corrected chi connectivity index (χ3v) is 5.70. The quantitative estimate of drug-likeness (QED) is 0.910. The largest absolute Gasteiger partial charge is 0.496 e. The summed E-state index contributed by atoms with van der Waals surface area (Å²) in [6.45, 7) is 2.27. The Bertz CT molecular complexity index is 633. The van der Waals surface area contributed by atoms with E-state index in [2.05, 4.69) is 0 Å². The molecule has 0 radical (unpaired) electrons. The van der Waals surface area contributed by atoms with Gasteiger partial charge in [0.1, 0.15) is 5.75 Å². The maximum atomic E-state index is 12.6. The lowest BCUT2D eigenvalue weighted by atomic mass is 9.99. The molecule has 7 heteroatoms. The fraction of sp³-hybridized carbons (Fsp3) is 0.500. The Hall–Kier alpha value is -1.60. The summed E-state index contributed by atoms with van der Waals surface area (Å²) in [6.07, 6.45) is 0.702. The minimum atomic E-state index is -3.57. The number of benzene rings is 1. The zero-order valence-corrected chi connectivity index (χ0v) is 12.9. The highest BCUT2D eigenvalue weighted by Gasteiger charge is 2.32. The van der Waals surface area contributed by atoms with E-state index >= 15 is 0 Å². The topological polar surface area (TPSA) is 83.9 Å². The number of sulfonamides is 1. The first-order valence-corrected chi connectivity index (χ1v) is 8.18. The summed E-state index contributed by atoms with van der Waals surface area (Å²) in [5.41, 5.74) is 0.749. The highest BCUT2D eigenvalue weighted by atomic mass is 32.2. The van der Waals surface area contributed by atoms with Gasteiger partial charge in [-0.25, -0.2) is 8.42 Å². The molecule has 0 aromatic heterocycles. The second kappa shape index (κ2) is 6.03. The number of aryl methyl sites for hydroxylation is 1. The second-order valence-corrected chi connectivity index (χ2v) is 7.09. The molecular weight excluding hydrogens is 294 g/mol. The lowest BCUT2D eigenvalue weighted by Crippen LogP contribution is -2.40. The third kappa shape index (κ3) is 3.19. The van der Waals surface area contributed by atoms with Gasteiger partial charge >= 0.3 is 5.97 Å². The van der Waals surface area contributed by atoms with Gasteiger partial charge in [-0.1, -0.05) is 0 Å². The number of carboxylic acids is 1. The van der Waals surface area contributed by atoms with Gasteiger partial charge in [-0.2, -0.15) is 4.31 Å². The van der Waals surface area contributed by atoms with Crippen LogP contribution in [0.3, 0.4) is 0 Å². The molecule has 1 aliphatic heterocycles. The number of aliphatic carboxylic acids is 1. The van der Waals surface area contributed by atoms with Crippen LogP contribution in [0.15, 0.2) is 23.1 Å². The average Bonchev–Trinajstić information content (AvgIpc) is 2.47. The van der Waals surface area contributed by atoms with E-state index < -0.39 is 21.9 Å². The molecule has 0 atom stereocenters. The molecule has 0 aliphatic carbocycles. The fourth-order valence-corrected chi connectivity index (χ4v) is 4.06. The number of methoxy groups -OCH3 is 1. The van der Waals surface area contributed by atoms with Crippen LogP contribution in [0.4, 0.5) is 0 Å². The smallest absolute Gasteiger partial charge is 0.306 e. The molecule has 1 aromatic carbocycles. The predicted molar refractivity (Wildman–Crippen MR) is 76.8 cm³/mol. The number of carbonyl (C=O) groups is 1. The van der Waals surface area contributed by atoms with E-state index in [-0.39, 0.29) is 18.0 Å². The molecule has 0 saturated carbocycles. The zero-order valence-electron chi connectivity index (χ0n) is 12.1. The first-order chi connectivity index (χ1) is 9.86. The van der Waals surface area contributed by atoms with E-state index in [4.69, 9.17) is 9.84 Å². The molecule has 0 unspecified atom stereocenters. The summed E-state index contributed by atoms with van der Waals surface area (Å²) in [5, 5.41) is 8.96. The van der Waals surface area contributed by atoms with Crippen molar-refractivity contribution in [3.05, 3.63) is 23.8 Å². The van der Waals surface area contributed by atoms with E-state index in [1.54, 1.807) is 19.1 Å². The Kier molecular flexibility index (Phi) is 4.53. The summed E-state index contributed by atoms with van der Waals surface area (Å²) in [5.74, 6) is -0.667. The number of ether oxygens (including phenoxy) is 1. The fourth-order valence-electron chi connectivity index (χ4n) is 2.50. The van der Waals surface area contributed by atoms with E-state index in [0.29, 0.717) is 18.6 Å². The van der Waals surface area contributed by atoms with Crippen molar-refractivity contribution in [3.8, 4) is 5.75 Å². The van der Waals surface area contributed by atoms with E-state index in [0.717, 1.165) is 5.56 Å². The molecule has 0 amide bonds. The summed E-state index contributed by atoms with van der Waals surface area (Å²) in [7, 11) is -2.04. The van der Waals surface area contributed by atoms with Gasteiger partial charge in [0.25, 0.3) is 0 Å². The maximum absolute atomic E-state index is 12.6. The molecule has 1 aliphatic rings. The number of carboxylic acid groups (broad SMARTS) is 1. The Morgan fingerprint density at radius 2 is 1.95 bits per heavy atom. The molecule has 21 heavy (non-hydrogen) atoms. The van der Waals surface area contributed by atoms with Crippen LogP contribution in [0.2, 0.25) is 0 Å². The number of rotatable bonds is 4. The second-order valence-electron chi connectivity index (χ2n) is 5.15. The zero-order chi connectivity index (χ0) is 15.6. The Morgan fingerprint density at radius 1 is 1.33 bits per heavy atom. The van der Waals surface area contributed by atoms with Crippen molar-refractivity contribution in [2.75, 3.05) is 20.2 Å². The van der Waals surface area contributed by atoms with Crippen molar-refractivity contribution in [1.29, 1.82) is 0 Å². The summed E-state index contributed by atoms with van der Waals surface area (Å²) < 4.78 is 31.6. The first-order valence-electron chi connectivity index (χ1n) is 6.74. The van der Waals surface area contributed by atoms with E-state index in [9.17, 15) is 13.2 Å². The molecule has 1 N–H and O–H groups in total. The predicted octanol–water partition coefficient (Wildman–Crippen LogP) is 1.49. The highest BCUT2D eigenvalue weighted by molar-refractivity contribution is 7.89. The Balaban J connectivity index is 2.19. The number of hydrogen-bond acceptors (Lipinski definition) is 4. The van der Waals surface area contributed by atoms with Gasteiger partial charge in [-0.3, -0.25) is 4.79 Å². The minimum Gasteiger partial charge on any atom is -0.496 e. The third-order valence-electron chi connectivity index (χ3n) is 3.81. The van der Waals surface area contributed by atoms with Crippen LogP contribution in [0, 0.1) is 12.8 Å². The summed E-state index contributed by atoms with van der Waals surface area (Å²) in [6, 6.07) is 4.73. The van der Waals surface area contributed by atoms with Gasteiger partial charge < -0.3 is 9.84 Å². The standard InChI is InChI=1S/C14H19NO5S/c1-10-9-12(3-4-13(10)20-2)21(18,19)15-7-5-11(6-8-15)14(16)17/h3-4,9,11H,5-8H2,1-2H3,(H,16,17). The molecule has 116 valence electrons. The van der Waals surface area contributed by atoms with Crippen molar-refractivity contribution in [3.63, 3.8) is 0 Å². The van der Waals surface area contributed by atoms with Crippen molar-refractivity contribution in [2.45, 2.75) is 24.7 Å². The van der Waals surface area contributed by atoms with Crippen LogP contribution >= 0.6 is 0 Å². The number of piperidine rings is 1. The lowest BCUT2D eigenvalue weighted by Gasteiger charge is -2.29. The molecular formula is C14H19NO5S. The van der Waals surface area contributed by atoms with Crippen LogP contribution in [0.1, 0.15) is 18.4 Å². The molecule has 1 fully saturated rings. The Morgan fingerprint density at radius 3 is 2.43 bits per heavy atom. The number of hydrogen-bond donors (Lipinski definition) is 1. The van der Waals surface area contributed by atoms with Crippen LogP contribution < -0.4 is 4.74 Å². The average molecular weight is 313 g/mol. The summed E-state index contributed by atoms with van der Waals surface area (Å²) >= 11 is 0. The summed E-state index contributed by atoms with van der Waals surface area (Å²) in [4.78, 5) is 11.1. The van der Waals surface area contributed by atoms with Gasteiger partial charge in [-0.05, 0) is 43.5 Å². The van der Waals surface area contributed by atoms with Crippen LogP contribution in [-0.2, 0) is 14.8 Å². The monoisotopic (exact) mass is 313 g/mol. The molecule has 1 saturated heterocycles. The normalized spacial score (nSPS) is 17.6. The first kappa shape index (κ1) is 15.8. The highest BCUT2D eigenvalue weighted by Crippen LogP contribution is 2.27. The van der Waals surface area contributed by atoms with Gasteiger partial charge in [-0.15, -0.1) is 0 Å². The van der Waals surface area contributed by atoms with Crippen molar-refractivity contribution < 1.29 is 23.1 Å². The minimum absolute atomic E-state index is 0.217. The lowest BCUT2D eigenvalue weighted by molar-refractivity contribution is -0.142. The van der Waals surface area contributed by atoms with Gasteiger partial charge in [0, 0.05) is 13.1 Å². The molecule has 2 rings (SSSR count). The molecule has 0 spiro atoms. The molecule has 1 heterocycles. The number of nitrogens with zero attached hydrogens (tertiary/aromatic N) is 1. The van der Waals surface area contributed by atoms with Gasteiger partial charge in [0.2, 0.25) is 10.0 Å². The van der Waals surface area contributed by atoms with Gasteiger partial charge in [0.15, 0.2) is 0 Å². The van der Waals surface area contributed by atoms with Crippen LogP contribution in [0.5, 0.6) is 5.75 Å². The van der Waals surface area contributed by atoms with Crippen LogP contribution in [0.25, 0.3) is 0 Å². The SMILES string of the molecule is COc1ccc(S(=O)(=O)N2CCC(C(=O)O)CC2)cc1C. The van der Waals surface area contributed by atoms with E-state index in [1.807, 2.05) is 0 Å². The maximum Gasteiger partial charge on any atom is 0.306 e. The molecule has 0 bridgehead atoms. The molecule has 1 aromatic rings. The Labute approximate surface area is 124 Å². The van der Waals surface area contributed by atoms with Gasteiger partial charge in [0.05, 0.1) is 17.9 Å².